The minimum absolute atomic E-state index is 0.110. The molecule has 0 aliphatic carbocycles. The molecular formula is C12H17N5O. The number of amides is 1. The molecule has 0 saturated carbocycles. The maximum Gasteiger partial charge on any atom is 0.268 e. The summed E-state index contributed by atoms with van der Waals surface area (Å²) in [5.41, 5.74) is 6.88. The van der Waals surface area contributed by atoms with E-state index in [1.165, 1.54) is 0 Å². The average molecular weight is 247 g/mol. The van der Waals surface area contributed by atoms with E-state index in [4.69, 9.17) is 5.73 Å². The van der Waals surface area contributed by atoms with Gasteiger partial charge in [-0.1, -0.05) is 0 Å². The van der Waals surface area contributed by atoms with Crippen molar-refractivity contribution in [2.75, 3.05) is 12.3 Å². The van der Waals surface area contributed by atoms with E-state index in [1.54, 1.807) is 23.1 Å². The van der Waals surface area contributed by atoms with Crippen LogP contribution in [0.3, 0.4) is 0 Å². The Bertz CT molecular complexity index is 515. The van der Waals surface area contributed by atoms with Crippen molar-refractivity contribution < 1.29 is 4.79 Å². The molecule has 0 aliphatic heterocycles. The fourth-order valence-corrected chi connectivity index (χ4v) is 1.79. The zero-order valence-electron chi connectivity index (χ0n) is 10.3. The second kappa shape index (κ2) is 5.39. The van der Waals surface area contributed by atoms with Crippen LogP contribution in [-0.2, 0) is 13.1 Å². The van der Waals surface area contributed by atoms with Gasteiger partial charge in [-0.05, 0) is 19.1 Å². The molecule has 0 saturated heterocycles. The molecule has 1 amide bonds. The second-order valence-electron chi connectivity index (χ2n) is 3.97. The number of aryl methyl sites for hydroxylation is 1. The lowest BCUT2D eigenvalue weighted by atomic mass is 10.3. The normalized spacial score (nSPS) is 10.5. The highest BCUT2D eigenvalue weighted by molar-refractivity contribution is 5.93. The van der Waals surface area contributed by atoms with Gasteiger partial charge in [-0.3, -0.25) is 9.48 Å². The molecule has 0 fully saturated rings. The van der Waals surface area contributed by atoms with Crippen LogP contribution in [0.4, 0.5) is 5.69 Å². The molecule has 3 N–H and O–H groups in total. The Balaban J connectivity index is 1.91. The van der Waals surface area contributed by atoms with Gasteiger partial charge in [-0.2, -0.15) is 5.10 Å². The number of nitrogens with two attached hydrogens (primary N) is 1. The molecule has 0 unspecified atom stereocenters. The highest BCUT2D eigenvalue weighted by atomic mass is 16.1. The molecule has 6 nitrogen and oxygen atoms in total. The van der Waals surface area contributed by atoms with E-state index in [0.717, 1.165) is 6.54 Å². The molecule has 0 radical (unpaired) electrons. The first-order valence-electron chi connectivity index (χ1n) is 5.92. The highest BCUT2D eigenvalue weighted by Gasteiger charge is 2.11. The zero-order valence-corrected chi connectivity index (χ0v) is 10.3. The standard InChI is InChI=1S/C12H17N5O/c1-2-16-9-10(13)8-11(16)12(18)14-5-7-17-6-3-4-15-17/h3-4,6,8-9H,2,5,7,13H2,1H3,(H,14,18). The summed E-state index contributed by atoms with van der Waals surface area (Å²) in [6.45, 7) is 3.88. The molecule has 0 bridgehead atoms. The minimum Gasteiger partial charge on any atom is -0.397 e. The number of nitrogens with zero attached hydrogens (tertiary/aromatic N) is 3. The van der Waals surface area contributed by atoms with Crippen LogP contribution in [0.2, 0.25) is 0 Å². The van der Waals surface area contributed by atoms with Gasteiger partial charge in [0, 0.05) is 31.7 Å². The van der Waals surface area contributed by atoms with Crippen LogP contribution < -0.4 is 11.1 Å². The molecule has 96 valence electrons. The molecular weight excluding hydrogens is 230 g/mol. The van der Waals surface area contributed by atoms with Gasteiger partial charge in [-0.25, -0.2) is 0 Å². The first kappa shape index (κ1) is 12.2. The average Bonchev–Trinajstić information content (AvgIpc) is 2.98. The van der Waals surface area contributed by atoms with Crippen LogP contribution >= 0.6 is 0 Å². The van der Waals surface area contributed by atoms with Crippen molar-refractivity contribution in [2.45, 2.75) is 20.0 Å². The van der Waals surface area contributed by atoms with Crippen molar-refractivity contribution in [1.82, 2.24) is 19.7 Å². The van der Waals surface area contributed by atoms with E-state index >= 15 is 0 Å². The van der Waals surface area contributed by atoms with Gasteiger partial charge >= 0.3 is 0 Å². The minimum atomic E-state index is -0.110. The van der Waals surface area contributed by atoms with Crippen molar-refractivity contribution in [1.29, 1.82) is 0 Å². The van der Waals surface area contributed by atoms with Crippen molar-refractivity contribution in [3.05, 3.63) is 36.4 Å². The van der Waals surface area contributed by atoms with Gasteiger partial charge in [0.05, 0.1) is 12.2 Å². The van der Waals surface area contributed by atoms with Crippen LogP contribution in [0.5, 0.6) is 0 Å². The summed E-state index contributed by atoms with van der Waals surface area (Å²) in [7, 11) is 0. The Morgan fingerprint density at radius 3 is 3.06 bits per heavy atom. The van der Waals surface area contributed by atoms with Crippen LogP contribution in [0.1, 0.15) is 17.4 Å². The van der Waals surface area contributed by atoms with Gasteiger partial charge in [-0.15, -0.1) is 0 Å². The monoisotopic (exact) mass is 247 g/mol. The maximum absolute atomic E-state index is 11.9. The number of rotatable bonds is 5. The molecule has 2 aromatic heterocycles. The number of nitrogens with one attached hydrogen (secondary N) is 1. The fourth-order valence-electron chi connectivity index (χ4n) is 1.79. The lowest BCUT2D eigenvalue weighted by Gasteiger charge is -2.07. The lowest BCUT2D eigenvalue weighted by Crippen LogP contribution is -2.29. The first-order chi connectivity index (χ1) is 8.70. The molecule has 2 rings (SSSR count). The van der Waals surface area contributed by atoms with Crippen LogP contribution in [-0.4, -0.2) is 26.8 Å². The molecule has 0 aromatic carbocycles. The van der Waals surface area contributed by atoms with Gasteiger partial charge in [0.25, 0.3) is 5.91 Å². The topological polar surface area (TPSA) is 77.9 Å². The molecule has 2 aromatic rings. The number of hydrogen-bond acceptors (Lipinski definition) is 3. The molecule has 0 aliphatic rings. The van der Waals surface area contributed by atoms with E-state index in [9.17, 15) is 4.79 Å². The Kier molecular flexibility index (Phi) is 3.66. The summed E-state index contributed by atoms with van der Waals surface area (Å²) in [6.07, 6.45) is 5.34. The molecule has 6 heteroatoms. The third-order valence-corrected chi connectivity index (χ3v) is 2.68. The predicted molar refractivity (Wildman–Crippen MR) is 69.1 cm³/mol. The summed E-state index contributed by atoms with van der Waals surface area (Å²) in [4.78, 5) is 11.9. The Morgan fingerprint density at radius 2 is 2.39 bits per heavy atom. The summed E-state index contributed by atoms with van der Waals surface area (Å²) >= 11 is 0. The molecule has 0 spiro atoms. The summed E-state index contributed by atoms with van der Waals surface area (Å²) in [5, 5.41) is 6.91. The smallest absolute Gasteiger partial charge is 0.268 e. The number of carbonyl (C=O) groups is 1. The maximum atomic E-state index is 11.9. The third-order valence-electron chi connectivity index (χ3n) is 2.68. The van der Waals surface area contributed by atoms with Crippen molar-refractivity contribution >= 4 is 11.6 Å². The number of carbonyl (C=O) groups excluding carboxylic acids is 1. The number of anilines is 1. The predicted octanol–water partition coefficient (Wildman–Crippen LogP) is 0.717. The number of aromatic nitrogens is 3. The van der Waals surface area contributed by atoms with Crippen molar-refractivity contribution in [2.24, 2.45) is 0 Å². The quantitative estimate of drug-likeness (QED) is 0.817. The fraction of sp³-hybridized carbons (Fsp3) is 0.333. The van der Waals surface area contributed by atoms with Crippen LogP contribution in [0.25, 0.3) is 0 Å². The lowest BCUT2D eigenvalue weighted by molar-refractivity contribution is 0.0943. The molecule has 2 heterocycles. The van der Waals surface area contributed by atoms with E-state index in [1.807, 2.05) is 23.8 Å². The van der Waals surface area contributed by atoms with Crippen molar-refractivity contribution in [3.63, 3.8) is 0 Å². The van der Waals surface area contributed by atoms with E-state index in [-0.39, 0.29) is 5.91 Å². The highest BCUT2D eigenvalue weighted by Crippen LogP contribution is 2.10. The van der Waals surface area contributed by atoms with Crippen LogP contribution in [0.15, 0.2) is 30.7 Å². The van der Waals surface area contributed by atoms with Gasteiger partial charge < -0.3 is 15.6 Å². The summed E-state index contributed by atoms with van der Waals surface area (Å²) in [6, 6.07) is 3.54. The largest absolute Gasteiger partial charge is 0.397 e. The Hall–Kier alpha value is -2.24. The number of nitrogen functional groups attached to an aromatic ring is 1. The van der Waals surface area contributed by atoms with Gasteiger partial charge in [0.2, 0.25) is 0 Å². The first-order valence-corrected chi connectivity index (χ1v) is 5.92. The van der Waals surface area contributed by atoms with E-state index in [2.05, 4.69) is 10.4 Å². The van der Waals surface area contributed by atoms with Gasteiger partial charge in [0.15, 0.2) is 0 Å². The van der Waals surface area contributed by atoms with Crippen LogP contribution in [0, 0.1) is 0 Å². The van der Waals surface area contributed by atoms with Crippen molar-refractivity contribution in [3.8, 4) is 0 Å². The van der Waals surface area contributed by atoms with E-state index in [0.29, 0.717) is 24.5 Å². The molecule has 0 atom stereocenters. The number of hydrogen-bond donors (Lipinski definition) is 2. The van der Waals surface area contributed by atoms with E-state index < -0.39 is 0 Å². The Morgan fingerprint density at radius 1 is 1.56 bits per heavy atom. The Labute approximate surface area is 105 Å². The summed E-state index contributed by atoms with van der Waals surface area (Å²) < 4.78 is 3.60. The summed E-state index contributed by atoms with van der Waals surface area (Å²) in [5.74, 6) is -0.110. The van der Waals surface area contributed by atoms with Gasteiger partial charge in [0.1, 0.15) is 5.69 Å². The SMILES string of the molecule is CCn1cc(N)cc1C(=O)NCCn1cccn1. The molecule has 18 heavy (non-hydrogen) atoms. The zero-order chi connectivity index (χ0) is 13.0. The second-order valence-corrected chi connectivity index (χ2v) is 3.97. The third kappa shape index (κ3) is 2.71.